The van der Waals surface area contributed by atoms with Crippen molar-refractivity contribution in [1.29, 1.82) is 0 Å². The van der Waals surface area contributed by atoms with Crippen molar-refractivity contribution < 1.29 is 19.5 Å². The zero-order valence-corrected chi connectivity index (χ0v) is 15.9. The van der Waals surface area contributed by atoms with Crippen molar-refractivity contribution in [2.24, 2.45) is 5.92 Å². The quantitative estimate of drug-likeness (QED) is 0.749. The third-order valence-electron chi connectivity index (χ3n) is 5.44. The van der Waals surface area contributed by atoms with Crippen LogP contribution in [0.15, 0.2) is 0 Å². The topological polar surface area (TPSA) is 77.9 Å². The summed E-state index contributed by atoms with van der Waals surface area (Å²) in [4.78, 5) is 41.1. The lowest BCUT2D eigenvalue weighted by molar-refractivity contribution is -0.142. The summed E-state index contributed by atoms with van der Waals surface area (Å²) in [5, 5.41) is 10.0. The number of amides is 1. The Morgan fingerprint density at radius 2 is 1.76 bits per heavy atom. The van der Waals surface area contributed by atoms with Crippen LogP contribution in [0.25, 0.3) is 0 Å². The molecule has 2 aliphatic heterocycles. The van der Waals surface area contributed by atoms with Crippen molar-refractivity contribution in [3.8, 4) is 0 Å². The summed E-state index contributed by atoms with van der Waals surface area (Å²) in [6.45, 7) is 8.90. The van der Waals surface area contributed by atoms with Gasteiger partial charge in [-0.1, -0.05) is 13.8 Å². The normalized spacial score (nSPS) is 27.5. The zero-order valence-electron chi connectivity index (χ0n) is 15.9. The van der Waals surface area contributed by atoms with Gasteiger partial charge < -0.3 is 10.0 Å². The molecule has 0 saturated carbocycles. The third-order valence-corrected chi connectivity index (χ3v) is 5.44. The van der Waals surface area contributed by atoms with Crippen molar-refractivity contribution >= 4 is 17.5 Å². The van der Waals surface area contributed by atoms with Gasteiger partial charge in [0, 0.05) is 37.8 Å². The van der Waals surface area contributed by atoms with Crippen LogP contribution in [0, 0.1) is 5.92 Å². The van der Waals surface area contributed by atoms with Crippen molar-refractivity contribution in [1.82, 2.24) is 9.80 Å². The van der Waals surface area contributed by atoms with Gasteiger partial charge in [-0.25, -0.2) is 0 Å². The van der Waals surface area contributed by atoms with E-state index < -0.39 is 12.1 Å². The number of rotatable bonds is 7. The van der Waals surface area contributed by atoms with Crippen LogP contribution < -0.4 is 0 Å². The second kappa shape index (κ2) is 8.41. The maximum atomic E-state index is 13.0. The highest BCUT2D eigenvalue weighted by Gasteiger charge is 2.43. The molecule has 0 spiro atoms. The second-order valence-corrected chi connectivity index (χ2v) is 7.97. The van der Waals surface area contributed by atoms with Gasteiger partial charge in [0.15, 0.2) is 5.78 Å². The van der Waals surface area contributed by atoms with Crippen molar-refractivity contribution in [3.05, 3.63) is 0 Å². The van der Waals surface area contributed by atoms with Gasteiger partial charge >= 0.3 is 0 Å². The van der Waals surface area contributed by atoms with E-state index in [-0.39, 0.29) is 61.3 Å². The molecule has 0 aliphatic carbocycles. The second-order valence-electron chi connectivity index (χ2n) is 7.97. The Balaban J connectivity index is 2.04. The zero-order chi connectivity index (χ0) is 18.7. The third kappa shape index (κ3) is 4.67. The molecule has 6 nitrogen and oxygen atoms in total. The highest BCUT2D eigenvalue weighted by Crippen LogP contribution is 2.27. The van der Waals surface area contributed by atoms with E-state index in [1.54, 1.807) is 4.90 Å². The number of nitrogens with zero attached hydrogens (tertiary/aromatic N) is 2. The molecule has 0 aromatic carbocycles. The molecule has 0 unspecified atom stereocenters. The van der Waals surface area contributed by atoms with E-state index in [1.165, 1.54) is 0 Å². The molecule has 0 radical (unpaired) electrons. The van der Waals surface area contributed by atoms with E-state index in [1.807, 2.05) is 13.8 Å². The smallest absolute Gasteiger partial charge is 0.240 e. The summed E-state index contributed by atoms with van der Waals surface area (Å²) in [6, 6.07) is -0.503. The lowest BCUT2D eigenvalue weighted by Gasteiger charge is -2.32. The summed E-state index contributed by atoms with van der Waals surface area (Å²) in [5.74, 6) is -0.173. The number of Topliss-reactive ketones (excluding diaryl/α,β-unsaturated/α-hetero) is 2. The lowest BCUT2D eigenvalue weighted by atomic mass is 9.99. The van der Waals surface area contributed by atoms with Gasteiger partial charge in [-0.2, -0.15) is 0 Å². The summed E-state index contributed by atoms with van der Waals surface area (Å²) < 4.78 is 0. The Morgan fingerprint density at radius 3 is 2.36 bits per heavy atom. The average molecular weight is 352 g/mol. The minimum Gasteiger partial charge on any atom is -0.391 e. The number of carbonyl (C=O) groups excluding carboxylic acids is 3. The van der Waals surface area contributed by atoms with Crippen LogP contribution in [0.2, 0.25) is 0 Å². The predicted octanol–water partition coefficient (Wildman–Crippen LogP) is 1.40. The number of ketones is 2. The predicted molar refractivity (Wildman–Crippen MR) is 95.1 cm³/mol. The molecule has 2 rings (SSSR count). The molecule has 2 saturated heterocycles. The SMILES string of the molecule is CC(C)C(=O)CCC(=O)[C@@H]1C[C@@H](O)CN1C(=O)[C@@H]1CCCN1C(C)C. The number of likely N-dealkylation sites (tertiary alicyclic amines) is 2. The molecule has 1 amide bonds. The maximum Gasteiger partial charge on any atom is 0.240 e. The fraction of sp³-hybridized carbons (Fsp3) is 0.842. The fourth-order valence-electron chi connectivity index (χ4n) is 3.93. The van der Waals surface area contributed by atoms with Gasteiger partial charge in [-0.05, 0) is 33.2 Å². The van der Waals surface area contributed by atoms with Crippen LogP contribution in [0.5, 0.6) is 0 Å². The summed E-state index contributed by atoms with van der Waals surface area (Å²) in [6.07, 6.45) is 1.77. The van der Waals surface area contributed by atoms with E-state index in [9.17, 15) is 19.5 Å². The standard InChI is InChI=1S/C19H32N2O4/c1-12(2)17(23)7-8-18(24)16-10-14(22)11-21(16)19(25)15-6-5-9-20(15)13(3)4/h12-16,22H,5-11H2,1-4H3/t14-,15+,16+/m1/s1. The first kappa shape index (κ1) is 20.0. The first-order valence-corrected chi connectivity index (χ1v) is 9.52. The van der Waals surface area contributed by atoms with E-state index in [0.717, 1.165) is 19.4 Å². The van der Waals surface area contributed by atoms with Gasteiger partial charge in [-0.15, -0.1) is 0 Å². The average Bonchev–Trinajstić information content (AvgIpc) is 3.17. The van der Waals surface area contributed by atoms with Gasteiger partial charge in [-0.3, -0.25) is 19.3 Å². The molecular formula is C19H32N2O4. The lowest BCUT2D eigenvalue weighted by Crippen LogP contribution is -2.51. The minimum absolute atomic E-state index is 0.0451. The summed E-state index contributed by atoms with van der Waals surface area (Å²) in [5.41, 5.74) is 0. The highest BCUT2D eigenvalue weighted by molar-refractivity contribution is 5.94. The van der Waals surface area contributed by atoms with E-state index >= 15 is 0 Å². The van der Waals surface area contributed by atoms with Crippen LogP contribution in [0.4, 0.5) is 0 Å². The van der Waals surface area contributed by atoms with Crippen molar-refractivity contribution in [3.63, 3.8) is 0 Å². The molecule has 142 valence electrons. The van der Waals surface area contributed by atoms with E-state index in [0.29, 0.717) is 0 Å². The van der Waals surface area contributed by atoms with E-state index in [2.05, 4.69) is 18.7 Å². The Hall–Kier alpha value is -1.27. The number of aliphatic hydroxyl groups excluding tert-OH is 1. The number of aliphatic hydroxyl groups is 1. The molecule has 0 bridgehead atoms. The minimum atomic E-state index is -0.660. The molecule has 0 aromatic rings. The number of β-amino-alcohol motifs (C(OH)–C–C–N with tert-alkyl or cyclic N) is 1. The van der Waals surface area contributed by atoms with Crippen LogP contribution in [-0.4, -0.2) is 69.7 Å². The Bertz CT molecular complexity index is 518. The summed E-state index contributed by atoms with van der Waals surface area (Å²) in [7, 11) is 0. The van der Waals surface area contributed by atoms with Crippen LogP contribution >= 0.6 is 0 Å². The molecule has 2 heterocycles. The van der Waals surface area contributed by atoms with Crippen molar-refractivity contribution in [2.45, 2.75) is 84.0 Å². The van der Waals surface area contributed by atoms with Crippen LogP contribution in [0.1, 0.15) is 59.8 Å². The molecule has 2 aliphatic rings. The van der Waals surface area contributed by atoms with Crippen molar-refractivity contribution in [2.75, 3.05) is 13.1 Å². The summed E-state index contributed by atoms with van der Waals surface area (Å²) >= 11 is 0. The van der Waals surface area contributed by atoms with Crippen LogP contribution in [0.3, 0.4) is 0 Å². The Kier molecular flexibility index (Phi) is 6.74. The monoisotopic (exact) mass is 352 g/mol. The molecular weight excluding hydrogens is 320 g/mol. The molecule has 25 heavy (non-hydrogen) atoms. The first-order chi connectivity index (χ1) is 11.7. The maximum absolute atomic E-state index is 13.0. The first-order valence-electron chi connectivity index (χ1n) is 9.52. The number of hydrogen-bond acceptors (Lipinski definition) is 5. The molecule has 1 N–H and O–H groups in total. The van der Waals surface area contributed by atoms with Gasteiger partial charge in [0.25, 0.3) is 0 Å². The molecule has 0 aromatic heterocycles. The van der Waals surface area contributed by atoms with Gasteiger partial charge in [0.2, 0.25) is 5.91 Å². The Morgan fingerprint density at radius 1 is 1.08 bits per heavy atom. The van der Waals surface area contributed by atoms with E-state index in [4.69, 9.17) is 0 Å². The van der Waals surface area contributed by atoms with Crippen LogP contribution in [-0.2, 0) is 14.4 Å². The molecule has 2 fully saturated rings. The van der Waals surface area contributed by atoms with Gasteiger partial charge in [0.05, 0.1) is 18.2 Å². The highest BCUT2D eigenvalue weighted by atomic mass is 16.3. The Labute approximate surface area is 150 Å². The largest absolute Gasteiger partial charge is 0.391 e. The fourth-order valence-corrected chi connectivity index (χ4v) is 3.93. The number of hydrogen-bond donors (Lipinski definition) is 1. The molecule has 6 heteroatoms. The number of carbonyl (C=O) groups is 3. The van der Waals surface area contributed by atoms with Gasteiger partial charge in [0.1, 0.15) is 5.78 Å². The molecule has 3 atom stereocenters.